The summed E-state index contributed by atoms with van der Waals surface area (Å²) < 4.78 is 5.38. The molecular weight excluding hydrogens is 208 g/mol. The summed E-state index contributed by atoms with van der Waals surface area (Å²) >= 11 is 0. The van der Waals surface area contributed by atoms with E-state index < -0.39 is 0 Å². The summed E-state index contributed by atoms with van der Waals surface area (Å²) in [5.41, 5.74) is 5.50. The molecule has 0 aromatic rings. The minimum atomic E-state index is -0.242. The maximum absolute atomic E-state index is 12.0. The van der Waals surface area contributed by atoms with Gasteiger partial charge in [-0.1, -0.05) is 6.92 Å². The Hall–Kier alpha value is -0.650. The van der Waals surface area contributed by atoms with Crippen LogP contribution in [0.5, 0.6) is 0 Å². The van der Waals surface area contributed by atoms with Crippen molar-refractivity contribution in [2.24, 2.45) is 11.7 Å². The summed E-state index contributed by atoms with van der Waals surface area (Å²) in [4.78, 5) is 13.8. The third-order valence-corrected chi connectivity index (χ3v) is 2.95. The third-order valence-electron chi connectivity index (χ3n) is 2.95. The number of amides is 1. The van der Waals surface area contributed by atoms with Crippen LogP contribution in [0.1, 0.15) is 20.3 Å². The van der Waals surface area contributed by atoms with Gasteiger partial charge in [0.1, 0.15) is 0 Å². The van der Waals surface area contributed by atoms with Crippen LogP contribution in [0.4, 0.5) is 0 Å². The van der Waals surface area contributed by atoms with E-state index >= 15 is 0 Å². The number of carbonyl (C=O) groups excluding carboxylic acids is 1. The van der Waals surface area contributed by atoms with Gasteiger partial charge in [-0.3, -0.25) is 4.79 Å². The zero-order valence-electron chi connectivity index (χ0n) is 10.1. The lowest BCUT2D eigenvalue weighted by Crippen LogP contribution is -2.52. The quantitative estimate of drug-likeness (QED) is 0.688. The van der Waals surface area contributed by atoms with Crippen LogP contribution in [0.25, 0.3) is 0 Å². The minimum Gasteiger partial charge on any atom is -0.394 e. The van der Waals surface area contributed by atoms with Crippen LogP contribution in [-0.4, -0.2) is 54.4 Å². The van der Waals surface area contributed by atoms with Crippen molar-refractivity contribution in [3.63, 3.8) is 0 Å². The van der Waals surface area contributed by atoms with Gasteiger partial charge in [0, 0.05) is 13.0 Å². The normalized spacial score (nSPS) is 27.9. The molecule has 0 radical (unpaired) electrons. The average Bonchev–Trinajstić information content (AvgIpc) is 2.29. The second-order valence-corrected chi connectivity index (χ2v) is 4.58. The molecule has 0 spiro atoms. The highest BCUT2D eigenvalue weighted by atomic mass is 16.5. The molecule has 1 heterocycles. The van der Waals surface area contributed by atoms with Gasteiger partial charge in [0.05, 0.1) is 25.4 Å². The predicted octanol–water partition coefficient (Wildman–Crippen LogP) is -0.420. The molecule has 0 saturated carbocycles. The molecule has 0 aromatic carbocycles. The first-order valence-corrected chi connectivity index (χ1v) is 5.80. The number of hydrogen-bond donors (Lipinski definition) is 2. The van der Waals surface area contributed by atoms with E-state index in [1.807, 2.05) is 13.8 Å². The monoisotopic (exact) mass is 230 g/mol. The molecule has 1 rings (SSSR count). The lowest BCUT2D eigenvalue weighted by atomic mass is 10.1. The molecule has 0 aliphatic carbocycles. The summed E-state index contributed by atoms with van der Waals surface area (Å²) in [6.45, 7) is 5.38. The molecule has 3 unspecified atom stereocenters. The molecule has 1 aliphatic heterocycles. The summed E-state index contributed by atoms with van der Waals surface area (Å²) in [6.07, 6.45) is 0.229. The van der Waals surface area contributed by atoms with Crippen LogP contribution in [0, 0.1) is 5.92 Å². The Labute approximate surface area is 96.6 Å². The lowest BCUT2D eigenvalue weighted by Gasteiger charge is -2.37. The zero-order valence-corrected chi connectivity index (χ0v) is 10.1. The van der Waals surface area contributed by atoms with Crippen molar-refractivity contribution in [2.75, 3.05) is 26.3 Å². The predicted molar refractivity (Wildman–Crippen MR) is 60.8 cm³/mol. The molecule has 5 heteroatoms. The number of rotatable bonds is 4. The van der Waals surface area contributed by atoms with Crippen LogP contribution in [0.15, 0.2) is 0 Å². The second kappa shape index (κ2) is 6.18. The fraction of sp³-hybridized carbons (Fsp3) is 0.909. The van der Waals surface area contributed by atoms with Crippen molar-refractivity contribution in [3.8, 4) is 0 Å². The first-order chi connectivity index (χ1) is 7.58. The Bertz CT molecular complexity index is 235. The number of ether oxygens (including phenoxy) is 1. The van der Waals surface area contributed by atoms with E-state index in [1.54, 1.807) is 4.90 Å². The third kappa shape index (κ3) is 3.43. The lowest BCUT2D eigenvalue weighted by molar-refractivity contribution is -0.146. The second-order valence-electron chi connectivity index (χ2n) is 4.58. The summed E-state index contributed by atoms with van der Waals surface area (Å²) in [5.74, 6) is 0.308. The summed E-state index contributed by atoms with van der Waals surface area (Å²) in [5, 5.41) is 9.02. The number of aliphatic hydroxyl groups excluding tert-OH is 1. The molecule has 3 atom stereocenters. The Kier molecular flexibility index (Phi) is 5.18. The Balaban J connectivity index is 2.51. The molecule has 16 heavy (non-hydrogen) atoms. The van der Waals surface area contributed by atoms with Gasteiger partial charge in [-0.05, 0) is 19.4 Å². The summed E-state index contributed by atoms with van der Waals surface area (Å²) in [6, 6.07) is 0.0836. The topological polar surface area (TPSA) is 75.8 Å². The van der Waals surface area contributed by atoms with Crippen molar-refractivity contribution in [2.45, 2.75) is 32.4 Å². The number of hydrogen-bond acceptors (Lipinski definition) is 4. The molecular formula is C11H22N2O3. The van der Waals surface area contributed by atoms with E-state index in [9.17, 15) is 4.79 Å². The van der Waals surface area contributed by atoms with E-state index in [0.717, 1.165) is 0 Å². The van der Waals surface area contributed by atoms with Gasteiger partial charge in [0.2, 0.25) is 5.91 Å². The molecule has 5 nitrogen and oxygen atoms in total. The Morgan fingerprint density at radius 3 is 2.94 bits per heavy atom. The van der Waals surface area contributed by atoms with E-state index in [4.69, 9.17) is 15.6 Å². The van der Waals surface area contributed by atoms with E-state index in [2.05, 4.69) is 0 Å². The molecule has 94 valence electrons. The highest BCUT2D eigenvalue weighted by Crippen LogP contribution is 2.14. The van der Waals surface area contributed by atoms with Crippen molar-refractivity contribution in [1.82, 2.24) is 4.90 Å². The van der Waals surface area contributed by atoms with Crippen molar-refractivity contribution >= 4 is 5.91 Å². The molecule has 1 amide bonds. The van der Waals surface area contributed by atoms with E-state index in [0.29, 0.717) is 26.1 Å². The maximum Gasteiger partial charge on any atom is 0.223 e. The van der Waals surface area contributed by atoms with Crippen molar-refractivity contribution < 1.29 is 14.6 Å². The number of carbonyl (C=O) groups is 1. The zero-order chi connectivity index (χ0) is 12.1. The molecule has 0 aromatic heterocycles. The van der Waals surface area contributed by atoms with Gasteiger partial charge in [0.15, 0.2) is 0 Å². The van der Waals surface area contributed by atoms with Crippen LogP contribution in [0.3, 0.4) is 0 Å². The smallest absolute Gasteiger partial charge is 0.223 e. The summed E-state index contributed by atoms with van der Waals surface area (Å²) in [7, 11) is 0. The van der Waals surface area contributed by atoms with Gasteiger partial charge >= 0.3 is 0 Å². The number of nitrogens with two attached hydrogens (primary N) is 1. The van der Waals surface area contributed by atoms with Gasteiger partial charge < -0.3 is 20.5 Å². The molecule has 1 aliphatic rings. The molecule has 0 bridgehead atoms. The number of nitrogens with zero attached hydrogens (tertiary/aromatic N) is 1. The van der Waals surface area contributed by atoms with Gasteiger partial charge in [0.25, 0.3) is 0 Å². The van der Waals surface area contributed by atoms with Gasteiger partial charge in [-0.15, -0.1) is 0 Å². The van der Waals surface area contributed by atoms with Gasteiger partial charge in [-0.25, -0.2) is 0 Å². The highest BCUT2D eigenvalue weighted by Gasteiger charge is 2.29. The Morgan fingerprint density at radius 1 is 1.69 bits per heavy atom. The molecule has 1 fully saturated rings. The fourth-order valence-corrected chi connectivity index (χ4v) is 1.77. The SMILES string of the molecule is CC(CN)CC(=O)N1CC(CO)OCC1C. The average molecular weight is 230 g/mol. The minimum absolute atomic E-state index is 0.0387. The number of morpholine rings is 1. The maximum atomic E-state index is 12.0. The van der Waals surface area contributed by atoms with Crippen molar-refractivity contribution in [1.29, 1.82) is 0 Å². The fourth-order valence-electron chi connectivity index (χ4n) is 1.77. The standard InChI is InChI=1S/C11H22N2O3/c1-8(4-12)3-11(15)13-5-10(6-14)16-7-9(13)2/h8-10,14H,3-7,12H2,1-2H3. The van der Waals surface area contributed by atoms with Crippen LogP contribution in [0.2, 0.25) is 0 Å². The van der Waals surface area contributed by atoms with Gasteiger partial charge in [-0.2, -0.15) is 0 Å². The first-order valence-electron chi connectivity index (χ1n) is 5.80. The largest absolute Gasteiger partial charge is 0.394 e. The van der Waals surface area contributed by atoms with E-state index in [-0.39, 0.29) is 30.6 Å². The highest BCUT2D eigenvalue weighted by molar-refractivity contribution is 5.76. The number of aliphatic hydroxyl groups is 1. The van der Waals surface area contributed by atoms with E-state index in [1.165, 1.54) is 0 Å². The van der Waals surface area contributed by atoms with Crippen LogP contribution in [-0.2, 0) is 9.53 Å². The molecule has 1 saturated heterocycles. The van der Waals surface area contributed by atoms with Crippen LogP contribution < -0.4 is 5.73 Å². The van der Waals surface area contributed by atoms with Crippen molar-refractivity contribution in [3.05, 3.63) is 0 Å². The van der Waals surface area contributed by atoms with Crippen LogP contribution >= 0.6 is 0 Å². The Morgan fingerprint density at radius 2 is 2.38 bits per heavy atom. The molecule has 3 N–H and O–H groups in total. The first kappa shape index (κ1) is 13.4.